The first-order valence-corrected chi connectivity index (χ1v) is 5.71. The predicted octanol–water partition coefficient (Wildman–Crippen LogP) is 5.86. The van der Waals surface area contributed by atoms with Crippen LogP contribution in [0.5, 0.6) is 0 Å². The molecule has 0 radical (unpaired) electrons. The normalized spacial score (nSPS) is 16.5. The van der Waals surface area contributed by atoms with Crippen molar-refractivity contribution in [3.8, 4) is 0 Å². The third-order valence-electron chi connectivity index (χ3n) is 3.03. The molecule has 0 heterocycles. The molecule has 0 bridgehead atoms. The third-order valence-corrected chi connectivity index (χ3v) is 3.03. The fraction of sp³-hybridized carbons (Fsp3) is 1.00. The van der Waals surface area contributed by atoms with Gasteiger partial charge in [-0.15, -0.1) is 0 Å². The SMILES string of the molecule is CCC(F)(F)C(F)(F)C(F)(F)C(F)(F)C(F)(F)C(F)(F)C(C)(F)F. The van der Waals surface area contributed by atoms with Crippen LogP contribution in [0.15, 0.2) is 0 Å². The molecule has 0 saturated heterocycles. The second-order valence-electron chi connectivity index (χ2n) is 4.82. The summed E-state index contributed by atoms with van der Waals surface area (Å²) in [6.07, 6.45) is -2.27. The Hall–Kier alpha value is -0.980. The summed E-state index contributed by atoms with van der Waals surface area (Å²) in [6.45, 7) is -0.997. The zero-order chi connectivity index (χ0) is 20.2. The zero-order valence-electron chi connectivity index (χ0n) is 11.5. The first kappa shape index (κ1) is 23.0. The maximum absolute atomic E-state index is 13.0. The molecule has 0 aromatic carbocycles. The number of alkyl halides is 14. The summed E-state index contributed by atoms with van der Waals surface area (Å²) in [5.41, 5.74) is 0. The highest BCUT2D eigenvalue weighted by atomic mass is 19.4. The van der Waals surface area contributed by atoms with Gasteiger partial charge in [0.15, 0.2) is 0 Å². The molecule has 0 unspecified atom stereocenters. The molecule has 0 nitrogen and oxygen atoms in total. The monoisotopic (exact) mass is 394 g/mol. The number of hydrogen-bond acceptors (Lipinski definition) is 0. The van der Waals surface area contributed by atoms with Crippen LogP contribution in [-0.2, 0) is 0 Å². The second kappa shape index (κ2) is 5.51. The van der Waals surface area contributed by atoms with Crippen molar-refractivity contribution >= 4 is 0 Å². The maximum Gasteiger partial charge on any atom is 0.384 e. The number of rotatable bonds is 7. The van der Waals surface area contributed by atoms with Crippen molar-refractivity contribution in [2.24, 2.45) is 0 Å². The molecule has 0 aliphatic carbocycles. The van der Waals surface area contributed by atoms with E-state index in [0.29, 0.717) is 0 Å². The van der Waals surface area contributed by atoms with E-state index in [4.69, 9.17) is 0 Å². The van der Waals surface area contributed by atoms with Gasteiger partial charge in [0.05, 0.1) is 0 Å². The Labute approximate surface area is 124 Å². The lowest BCUT2D eigenvalue weighted by molar-refractivity contribution is -0.440. The van der Waals surface area contributed by atoms with Crippen molar-refractivity contribution in [1.82, 2.24) is 0 Å². The van der Waals surface area contributed by atoms with Crippen LogP contribution in [0.1, 0.15) is 20.3 Å². The van der Waals surface area contributed by atoms with Crippen molar-refractivity contribution < 1.29 is 61.5 Å². The van der Waals surface area contributed by atoms with Crippen molar-refractivity contribution in [2.75, 3.05) is 0 Å². The Balaban J connectivity index is 6.42. The fourth-order valence-corrected chi connectivity index (χ4v) is 1.32. The Bertz CT molecular complexity index is 457. The summed E-state index contributed by atoms with van der Waals surface area (Å²) in [5, 5.41) is 0. The van der Waals surface area contributed by atoms with Gasteiger partial charge in [-0.3, -0.25) is 0 Å². The molecule has 0 spiro atoms. The molecule has 14 heteroatoms. The van der Waals surface area contributed by atoms with Crippen LogP contribution in [0.2, 0.25) is 0 Å². The van der Waals surface area contributed by atoms with Gasteiger partial charge >= 0.3 is 41.5 Å². The van der Waals surface area contributed by atoms with E-state index in [-0.39, 0.29) is 6.92 Å². The molecule has 0 amide bonds. The fourth-order valence-electron chi connectivity index (χ4n) is 1.32. The topological polar surface area (TPSA) is 0 Å². The summed E-state index contributed by atoms with van der Waals surface area (Å²) >= 11 is 0. The van der Waals surface area contributed by atoms with Gasteiger partial charge in [-0.1, -0.05) is 6.92 Å². The van der Waals surface area contributed by atoms with Crippen LogP contribution >= 0.6 is 0 Å². The lowest BCUT2D eigenvalue weighted by Gasteiger charge is -2.42. The molecule has 0 rings (SSSR count). The van der Waals surface area contributed by atoms with Gasteiger partial charge < -0.3 is 0 Å². The molecule has 0 aliphatic heterocycles. The quantitative estimate of drug-likeness (QED) is 0.475. The van der Waals surface area contributed by atoms with Crippen molar-refractivity contribution in [3.05, 3.63) is 0 Å². The van der Waals surface area contributed by atoms with Gasteiger partial charge in [0.25, 0.3) is 0 Å². The summed E-state index contributed by atoms with van der Waals surface area (Å²) in [4.78, 5) is 0. The van der Waals surface area contributed by atoms with Crippen molar-refractivity contribution in [3.63, 3.8) is 0 Å². The second-order valence-corrected chi connectivity index (χ2v) is 4.82. The summed E-state index contributed by atoms with van der Waals surface area (Å²) in [5.74, 6) is -50.2. The molecule has 0 saturated carbocycles. The van der Waals surface area contributed by atoms with E-state index in [2.05, 4.69) is 0 Å². The van der Waals surface area contributed by atoms with E-state index in [9.17, 15) is 61.5 Å². The van der Waals surface area contributed by atoms with E-state index in [1.165, 1.54) is 0 Å². The van der Waals surface area contributed by atoms with Gasteiger partial charge in [-0.2, -0.15) is 61.5 Å². The Morgan fingerprint density at radius 3 is 0.958 bits per heavy atom. The van der Waals surface area contributed by atoms with E-state index in [1.54, 1.807) is 0 Å². The molecule has 146 valence electrons. The largest absolute Gasteiger partial charge is 0.384 e. The smallest absolute Gasteiger partial charge is 0.200 e. The van der Waals surface area contributed by atoms with Crippen molar-refractivity contribution in [2.45, 2.75) is 61.7 Å². The first-order valence-electron chi connectivity index (χ1n) is 5.71. The van der Waals surface area contributed by atoms with Gasteiger partial charge in [0.1, 0.15) is 0 Å². The number of halogens is 14. The van der Waals surface area contributed by atoms with Crippen LogP contribution in [0.4, 0.5) is 61.5 Å². The molecule has 0 N–H and O–H groups in total. The van der Waals surface area contributed by atoms with Crippen molar-refractivity contribution in [1.29, 1.82) is 0 Å². The summed E-state index contributed by atoms with van der Waals surface area (Å²) < 4.78 is 180. The van der Waals surface area contributed by atoms with Gasteiger partial charge in [0.2, 0.25) is 0 Å². The summed E-state index contributed by atoms with van der Waals surface area (Å²) in [6, 6.07) is 0. The standard InChI is InChI=1S/C10H8F14/c1-3-5(13,14)7(17,18)9(21,22)10(23,24)8(19,20)6(15,16)4(2,11)12/h3H2,1-2H3. The Morgan fingerprint density at radius 2 is 0.708 bits per heavy atom. The minimum atomic E-state index is -7.95. The lowest BCUT2D eigenvalue weighted by atomic mass is 9.89. The van der Waals surface area contributed by atoms with Gasteiger partial charge in [-0.05, 0) is 0 Å². The van der Waals surface area contributed by atoms with E-state index < -0.39 is 54.8 Å². The molecule has 0 fully saturated rings. The average Bonchev–Trinajstić information content (AvgIpc) is 2.36. The van der Waals surface area contributed by atoms with Crippen LogP contribution in [0, 0.1) is 0 Å². The first-order chi connectivity index (χ1) is 10.1. The minimum absolute atomic E-state index is 0.0784. The molecule has 0 aromatic rings. The highest BCUT2D eigenvalue weighted by Crippen LogP contribution is 2.62. The van der Waals surface area contributed by atoms with E-state index in [0.717, 1.165) is 0 Å². The lowest BCUT2D eigenvalue weighted by Crippen LogP contribution is -2.72. The van der Waals surface area contributed by atoms with Crippen LogP contribution in [0.25, 0.3) is 0 Å². The molecular weight excluding hydrogens is 386 g/mol. The Kier molecular flexibility index (Phi) is 5.29. The Morgan fingerprint density at radius 1 is 0.458 bits per heavy atom. The highest BCUT2D eigenvalue weighted by Gasteiger charge is 2.92. The predicted molar refractivity (Wildman–Crippen MR) is 50.6 cm³/mol. The molecule has 0 aliphatic rings. The van der Waals surface area contributed by atoms with Crippen LogP contribution in [-0.4, -0.2) is 41.5 Å². The van der Waals surface area contributed by atoms with Gasteiger partial charge in [0, 0.05) is 13.3 Å². The molecular formula is C10H8F14. The van der Waals surface area contributed by atoms with E-state index in [1.807, 2.05) is 0 Å². The van der Waals surface area contributed by atoms with Gasteiger partial charge in [-0.25, -0.2) is 0 Å². The highest BCUT2D eigenvalue weighted by molar-refractivity contribution is 5.13. The number of hydrogen-bond donors (Lipinski definition) is 0. The molecule has 0 aromatic heterocycles. The minimum Gasteiger partial charge on any atom is -0.200 e. The van der Waals surface area contributed by atoms with Crippen LogP contribution < -0.4 is 0 Å². The van der Waals surface area contributed by atoms with E-state index >= 15 is 0 Å². The maximum atomic E-state index is 13.0. The third kappa shape index (κ3) is 2.68. The molecule has 0 atom stereocenters. The summed E-state index contributed by atoms with van der Waals surface area (Å²) in [7, 11) is 0. The average molecular weight is 394 g/mol. The zero-order valence-corrected chi connectivity index (χ0v) is 11.5. The van der Waals surface area contributed by atoms with Crippen LogP contribution in [0.3, 0.4) is 0 Å². The molecule has 24 heavy (non-hydrogen) atoms.